The summed E-state index contributed by atoms with van der Waals surface area (Å²) in [5.41, 5.74) is 3.84. The molecule has 0 aliphatic carbocycles. The molecule has 0 amide bonds. The van der Waals surface area contributed by atoms with Crippen LogP contribution in [0.15, 0.2) is 30.3 Å². The largest absolute Gasteiger partial charge is 0.494 e. The number of aromatic carboxylic acids is 1. The maximum Gasteiger partial charge on any atom is 0.337 e. The number of carbonyl (C=O) groups is 1. The third kappa shape index (κ3) is 4.65. The molecule has 128 valence electrons. The van der Waals surface area contributed by atoms with Crippen molar-refractivity contribution < 1.29 is 14.6 Å². The molecule has 0 saturated heterocycles. The molecule has 24 heavy (non-hydrogen) atoms. The molecule has 2 N–H and O–H groups in total. The first kappa shape index (κ1) is 18.1. The van der Waals surface area contributed by atoms with Crippen LogP contribution in [-0.4, -0.2) is 24.2 Å². The third-order valence-electron chi connectivity index (χ3n) is 3.72. The zero-order valence-corrected chi connectivity index (χ0v) is 14.9. The van der Waals surface area contributed by atoms with E-state index in [1.165, 1.54) is 0 Å². The summed E-state index contributed by atoms with van der Waals surface area (Å²) in [6.07, 6.45) is 0.758. The monoisotopic (exact) mass is 347 g/mol. The smallest absolute Gasteiger partial charge is 0.337 e. The van der Waals surface area contributed by atoms with Crippen molar-refractivity contribution in [3.05, 3.63) is 57.6 Å². The summed E-state index contributed by atoms with van der Waals surface area (Å²) in [6, 6.07) is 9.20. The highest BCUT2D eigenvalue weighted by Gasteiger charge is 2.09. The van der Waals surface area contributed by atoms with Gasteiger partial charge in [-0.15, -0.1) is 0 Å². The Morgan fingerprint density at radius 1 is 1.17 bits per heavy atom. The number of hydrogen-bond donors (Lipinski definition) is 2. The summed E-state index contributed by atoms with van der Waals surface area (Å²) in [6.45, 7) is 6.96. The SMILES string of the molecule is Cc1ccc(NCCCOc2cc(C)c(Cl)c(C)c2)c(C(=O)O)c1. The zero-order chi connectivity index (χ0) is 17.7. The molecule has 0 bridgehead atoms. The van der Waals surface area contributed by atoms with Crippen LogP contribution < -0.4 is 10.1 Å². The molecule has 0 fully saturated rings. The average Bonchev–Trinajstić information content (AvgIpc) is 2.53. The van der Waals surface area contributed by atoms with E-state index in [1.54, 1.807) is 12.1 Å². The Kier molecular flexibility index (Phi) is 6.10. The lowest BCUT2D eigenvalue weighted by atomic mass is 10.1. The summed E-state index contributed by atoms with van der Waals surface area (Å²) in [4.78, 5) is 11.3. The second-order valence-corrected chi connectivity index (χ2v) is 6.23. The standard InChI is InChI=1S/C19H22ClNO3/c1-12-5-6-17(16(9-12)19(22)23)21-7-4-8-24-15-10-13(2)18(20)14(3)11-15/h5-6,9-11,21H,4,7-8H2,1-3H3,(H,22,23). The lowest BCUT2D eigenvalue weighted by molar-refractivity contribution is 0.0698. The second-order valence-electron chi connectivity index (χ2n) is 5.85. The number of ether oxygens (including phenoxy) is 1. The first-order valence-electron chi connectivity index (χ1n) is 7.86. The van der Waals surface area contributed by atoms with E-state index in [1.807, 2.05) is 39.0 Å². The topological polar surface area (TPSA) is 58.6 Å². The number of carboxylic acid groups (broad SMARTS) is 1. The molecule has 0 aromatic heterocycles. The number of carboxylic acids is 1. The van der Waals surface area contributed by atoms with Crippen molar-refractivity contribution in [2.45, 2.75) is 27.2 Å². The van der Waals surface area contributed by atoms with E-state index in [9.17, 15) is 9.90 Å². The highest BCUT2D eigenvalue weighted by atomic mass is 35.5. The van der Waals surface area contributed by atoms with Gasteiger partial charge in [-0.1, -0.05) is 23.2 Å². The van der Waals surface area contributed by atoms with Gasteiger partial charge in [0.25, 0.3) is 0 Å². The van der Waals surface area contributed by atoms with Gasteiger partial charge < -0.3 is 15.2 Å². The normalized spacial score (nSPS) is 10.5. The molecule has 0 spiro atoms. The lowest BCUT2D eigenvalue weighted by Crippen LogP contribution is -2.11. The first-order chi connectivity index (χ1) is 11.4. The van der Waals surface area contributed by atoms with Gasteiger partial charge in [0.1, 0.15) is 5.75 Å². The number of hydrogen-bond acceptors (Lipinski definition) is 3. The van der Waals surface area contributed by atoms with Crippen LogP contribution in [0.5, 0.6) is 5.75 Å². The van der Waals surface area contributed by atoms with Crippen molar-refractivity contribution >= 4 is 23.3 Å². The van der Waals surface area contributed by atoms with E-state index < -0.39 is 5.97 Å². The average molecular weight is 348 g/mol. The predicted molar refractivity (Wildman–Crippen MR) is 97.7 cm³/mol. The summed E-state index contributed by atoms with van der Waals surface area (Å²) >= 11 is 6.14. The van der Waals surface area contributed by atoms with E-state index in [0.717, 1.165) is 33.9 Å². The maximum atomic E-state index is 11.3. The minimum Gasteiger partial charge on any atom is -0.494 e. The molecule has 0 radical (unpaired) electrons. The quantitative estimate of drug-likeness (QED) is 0.703. The predicted octanol–water partition coefficient (Wildman–Crippen LogP) is 4.84. The van der Waals surface area contributed by atoms with E-state index in [0.29, 0.717) is 24.4 Å². The fraction of sp³-hybridized carbons (Fsp3) is 0.316. The van der Waals surface area contributed by atoms with Crippen LogP contribution in [0.4, 0.5) is 5.69 Å². The minimum absolute atomic E-state index is 0.292. The second kappa shape index (κ2) is 8.06. The lowest BCUT2D eigenvalue weighted by Gasteiger charge is -2.12. The van der Waals surface area contributed by atoms with E-state index in [4.69, 9.17) is 16.3 Å². The van der Waals surface area contributed by atoms with Gasteiger partial charge in [-0.2, -0.15) is 0 Å². The Morgan fingerprint density at radius 3 is 2.46 bits per heavy atom. The Morgan fingerprint density at radius 2 is 1.83 bits per heavy atom. The number of halogens is 1. The molecule has 2 aromatic carbocycles. The molecule has 0 aliphatic heterocycles. The number of nitrogens with one attached hydrogen (secondary N) is 1. The molecule has 5 heteroatoms. The van der Waals surface area contributed by atoms with Crippen LogP contribution in [0, 0.1) is 20.8 Å². The van der Waals surface area contributed by atoms with Crippen LogP contribution in [0.25, 0.3) is 0 Å². The molecule has 4 nitrogen and oxygen atoms in total. The molecule has 0 saturated carbocycles. The van der Waals surface area contributed by atoms with Crippen LogP contribution in [0.1, 0.15) is 33.5 Å². The third-order valence-corrected chi connectivity index (χ3v) is 4.32. The van der Waals surface area contributed by atoms with Gasteiger partial charge in [0.05, 0.1) is 12.2 Å². The van der Waals surface area contributed by atoms with E-state index in [2.05, 4.69) is 5.32 Å². The molecule has 0 atom stereocenters. The van der Waals surface area contributed by atoms with Gasteiger partial charge in [0.15, 0.2) is 0 Å². The fourth-order valence-corrected chi connectivity index (χ4v) is 2.57. The maximum absolute atomic E-state index is 11.3. The van der Waals surface area contributed by atoms with Crippen LogP contribution in [-0.2, 0) is 0 Å². The first-order valence-corrected chi connectivity index (χ1v) is 8.23. The molecule has 0 heterocycles. The number of aryl methyl sites for hydroxylation is 3. The molecule has 2 rings (SSSR count). The highest BCUT2D eigenvalue weighted by molar-refractivity contribution is 6.32. The Hall–Kier alpha value is -2.20. The summed E-state index contributed by atoms with van der Waals surface area (Å²) in [7, 11) is 0. The fourth-order valence-electron chi connectivity index (χ4n) is 2.46. The Balaban J connectivity index is 1.85. The number of anilines is 1. The molecular formula is C19H22ClNO3. The highest BCUT2D eigenvalue weighted by Crippen LogP contribution is 2.26. The number of rotatable bonds is 7. The van der Waals surface area contributed by atoms with Crippen molar-refractivity contribution in [2.24, 2.45) is 0 Å². The number of benzene rings is 2. The van der Waals surface area contributed by atoms with Gasteiger partial charge >= 0.3 is 5.97 Å². The van der Waals surface area contributed by atoms with Crippen molar-refractivity contribution in [1.82, 2.24) is 0 Å². The van der Waals surface area contributed by atoms with Crippen molar-refractivity contribution in [3.63, 3.8) is 0 Å². The Labute approximate surface area is 147 Å². The summed E-state index contributed by atoms with van der Waals surface area (Å²) < 4.78 is 5.74. The Bertz CT molecular complexity index is 720. The molecule has 0 aliphatic rings. The van der Waals surface area contributed by atoms with E-state index in [-0.39, 0.29) is 0 Å². The van der Waals surface area contributed by atoms with Crippen molar-refractivity contribution in [1.29, 1.82) is 0 Å². The van der Waals surface area contributed by atoms with Crippen LogP contribution >= 0.6 is 11.6 Å². The van der Waals surface area contributed by atoms with Crippen LogP contribution in [0.3, 0.4) is 0 Å². The van der Waals surface area contributed by atoms with Gasteiger partial charge in [-0.3, -0.25) is 0 Å². The molecular weight excluding hydrogens is 326 g/mol. The van der Waals surface area contributed by atoms with Crippen molar-refractivity contribution in [3.8, 4) is 5.75 Å². The zero-order valence-electron chi connectivity index (χ0n) is 14.1. The summed E-state index contributed by atoms with van der Waals surface area (Å²) in [5.74, 6) is -0.125. The summed E-state index contributed by atoms with van der Waals surface area (Å²) in [5, 5.41) is 13.2. The van der Waals surface area contributed by atoms with E-state index >= 15 is 0 Å². The van der Waals surface area contributed by atoms with Gasteiger partial charge in [-0.05, 0) is 62.6 Å². The van der Waals surface area contributed by atoms with Gasteiger partial charge in [-0.25, -0.2) is 4.79 Å². The molecule has 2 aromatic rings. The van der Waals surface area contributed by atoms with Gasteiger partial charge in [0.2, 0.25) is 0 Å². The molecule has 0 unspecified atom stereocenters. The minimum atomic E-state index is -0.926. The van der Waals surface area contributed by atoms with Gasteiger partial charge in [0, 0.05) is 17.3 Å². The van der Waals surface area contributed by atoms with Crippen LogP contribution in [0.2, 0.25) is 5.02 Å². The van der Waals surface area contributed by atoms with Crippen molar-refractivity contribution in [2.75, 3.05) is 18.5 Å².